The molecule has 1 aromatic rings. The summed E-state index contributed by atoms with van der Waals surface area (Å²) >= 11 is 11.9. The number of benzene rings is 1. The van der Waals surface area contributed by atoms with E-state index in [1.807, 2.05) is 4.90 Å². The van der Waals surface area contributed by atoms with Crippen LogP contribution in [-0.4, -0.2) is 55.0 Å². The molecule has 1 aliphatic rings. The highest BCUT2D eigenvalue weighted by Gasteiger charge is 2.19. The lowest BCUT2D eigenvalue weighted by Crippen LogP contribution is -2.49. The smallest absolute Gasteiger partial charge is 0.241 e. The van der Waals surface area contributed by atoms with Crippen LogP contribution < -0.4 is 5.32 Å². The average Bonchev–Trinajstić information content (AvgIpc) is 2.46. The molecule has 1 fully saturated rings. The Bertz CT molecular complexity index is 473. The van der Waals surface area contributed by atoms with E-state index in [4.69, 9.17) is 23.2 Å². The van der Waals surface area contributed by atoms with Crippen LogP contribution in [0.1, 0.15) is 6.92 Å². The number of likely N-dealkylation sites (N-methyl/N-ethyl adjacent to an activating group) is 1. The molecule has 0 unspecified atom stereocenters. The van der Waals surface area contributed by atoms with Gasteiger partial charge in [-0.3, -0.25) is 4.79 Å². The van der Waals surface area contributed by atoms with Crippen molar-refractivity contribution < 1.29 is 4.79 Å². The van der Waals surface area contributed by atoms with Crippen LogP contribution in [0.2, 0.25) is 10.0 Å². The molecule has 20 heavy (non-hydrogen) atoms. The van der Waals surface area contributed by atoms with E-state index < -0.39 is 0 Å². The highest BCUT2D eigenvalue weighted by atomic mass is 35.5. The quantitative estimate of drug-likeness (QED) is 0.927. The zero-order valence-electron chi connectivity index (χ0n) is 11.5. The number of nitrogens with one attached hydrogen (secondary N) is 1. The molecule has 1 aromatic carbocycles. The largest absolute Gasteiger partial charge is 0.375 e. The molecule has 110 valence electrons. The van der Waals surface area contributed by atoms with Crippen molar-refractivity contribution >= 4 is 34.8 Å². The van der Waals surface area contributed by atoms with E-state index in [9.17, 15) is 4.79 Å². The van der Waals surface area contributed by atoms with E-state index in [0.29, 0.717) is 10.0 Å². The number of nitrogens with zero attached hydrogens (tertiary/aromatic N) is 2. The zero-order valence-corrected chi connectivity index (χ0v) is 13.0. The van der Waals surface area contributed by atoms with E-state index in [-0.39, 0.29) is 12.5 Å². The Morgan fingerprint density at radius 2 is 1.95 bits per heavy atom. The Morgan fingerprint density at radius 1 is 1.25 bits per heavy atom. The van der Waals surface area contributed by atoms with Gasteiger partial charge in [0.2, 0.25) is 5.91 Å². The summed E-state index contributed by atoms with van der Waals surface area (Å²) in [4.78, 5) is 16.4. The molecular weight excluding hydrogens is 297 g/mol. The number of carbonyl (C=O) groups is 1. The molecule has 1 heterocycles. The van der Waals surface area contributed by atoms with Crippen molar-refractivity contribution in [2.45, 2.75) is 6.92 Å². The molecule has 0 saturated carbocycles. The second-order valence-electron chi connectivity index (χ2n) is 4.79. The molecule has 0 radical (unpaired) electrons. The van der Waals surface area contributed by atoms with Crippen LogP contribution in [0.3, 0.4) is 0 Å². The Balaban J connectivity index is 1.83. The molecule has 0 spiro atoms. The Kier molecular flexibility index (Phi) is 5.52. The molecule has 0 atom stereocenters. The second kappa shape index (κ2) is 7.16. The molecule has 1 N–H and O–H groups in total. The minimum absolute atomic E-state index is 0.103. The first-order valence-electron chi connectivity index (χ1n) is 6.79. The van der Waals surface area contributed by atoms with Gasteiger partial charge in [-0.2, -0.15) is 0 Å². The topological polar surface area (TPSA) is 35.6 Å². The third-order valence-corrected chi connectivity index (χ3v) is 4.08. The monoisotopic (exact) mass is 315 g/mol. The highest BCUT2D eigenvalue weighted by Crippen LogP contribution is 2.25. The third-order valence-electron chi connectivity index (χ3n) is 3.53. The summed E-state index contributed by atoms with van der Waals surface area (Å²) in [6, 6.07) is 5.20. The maximum Gasteiger partial charge on any atom is 0.241 e. The predicted molar refractivity (Wildman–Crippen MR) is 83.6 cm³/mol. The maximum atomic E-state index is 12.1. The van der Waals surface area contributed by atoms with Crippen molar-refractivity contribution in [1.82, 2.24) is 9.80 Å². The predicted octanol–water partition coefficient (Wildman–Crippen LogP) is 2.57. The van der Waals surface area contributed by atoms with Crippen LogP contribution in [0.4, 0.5) is 5.69 Å². The van der Waals surface area contributed by atoms with E-state index in [1.54, 1.807) is 18.2 Å². The first-order valence-corrected chi connectivity index (χ1v) is 7.55. The summed E-state index contributed by atoms with van der Waals surface area (Å²) < 4.78 is 0. The molecule has 0 bridgehead atoms. The van der Waals surface area contributed by atoms with Crippen molar-refractivity contribution in [3.8, 4) is 0 Å². The molecule has 0 aliphatic carbocycles. The summed E-state index contributed by atoms with van der Waals surface area (Å²) in [5.41, 5.74) is 0.733. The Hall–Kier alpha value is -0.970. The van der Waals surface area contributed by atoms with Crippen molar-refractivity contribution in [2.75, 3.05) is 44.6 Å². The number of carbonyl (C=O) groups excluding carboxylic acids is 1. The van der Waals surface area contributed by atoms with Crippen LogP contribution >= 0.6 is 23.2 Å². The Morgan fingerprint density at radius 3 is 2.55 bits per heavy atom. The molecule has 2 rings (SSSR count). The van der Waals surface area contributed by atoms with Gasteiger partial charge in [-0.1, -0.05) is 30.1 Å². The molecule has 1 aliphatic heterocycles. The number of hydrogen-bond donors (Lipinski definition) is 1. The van der Waals surface area contributed by atoms with Crippen molar-refractivity contribution in [3.05, 3.63) is 28.2 Å². The summed E-state index contributed by atoms with van der Waals surface area (Å²) in [6.45, 7) is 6.93. The number of halogens is 2. The number of anilines is 1. The number of piperazine rings is 1. The van der Waals surface area contributed by atoms with Crippen molar-refractivity contribution in [3.63, 3.8) is 0 Å². The number of rotatable bonds is 4. The SMILES string of the molecule is CCN1CCN(C(=O)CNc2ccc(Cl)cc2Cl)CC1. The van der Waals surface area contributed by atoms with Gasteiger partial charge in [0.1, 0.15) is 0 Å². The second-order valence-corrected chi connectivity index (χ2v) is 5.64. The van der Waals surface area contributed by atoms with Gasteiger partial charge in [-0.05, 0) is 24.7 Å². The van der Waals surface area contributed by atoms with E-state index in [2.05, 4.69) is 17.1 Å². The van der Waals surface area contributed by atoms with Crippen LogP contribution in [0.25, 0.3) is 0 Å². The maximum absolute atomic E-state index is 12.1. The minimum atomic E-state index is 0.103. The van der Waals surface area contributed by atoms with E-state index in [0.717, 1.165) is 38.4 Å². The van der Waals surface area contributed by atoms with Crippen LogP contribution in [0, 0.1) is 0 Å². The first kappa shape index (κ1) is 15.4. The Labute approximate surface area is 129 Å². The average molecular weight is 316 g/mol. The van der Waals surface area contributed by atoms with Crippen LogP contribution in [0.5, 0.6) is 0 Å². The summed E-state index contributed by atoms with van der Waals surface area (Å²) in [6.07, 6.45) is 0. The van der Waals surface area contributed by atoms with Crippen molar-refractivity contribution in [2.24, 2.45) is 0 Å². The lowest BCUT2D eigenvalue weighted by atomic mass is 10.3. The third kappa shape index (κ3) is 4.01. The van der Waals surface area contributed by atoms with Gasteiger partial charge in [0.25, 0.3) is 0 Å². The fraction of sp³-hybridized carbons (Fsp3) is 0.500. The molecule has 4 nitrogen and oxygen atoms in total. The normalized spacial score (nSPS) is 16.2. The van der Waals surface area contributed by atoms with E-state index >= 15 is 0 Å². The minimum Gasteiger partial charge on any atom is -0.375 e. The van der Waals surface area contributed by atoms with E-state index in [1.165, 1.54) is 0 Å². The van der Waals surface area contributed by atoms with Gasteiger partial charge in [0, 0.05) is 31.2 Å². The summed E-state index contributed by atoms with van der Waals surface area (Å²) in [5, 5.41) is 4.18. The number of amides is 1. The highest BCUT2D eigenvalue weighted by molar-refractivity contribution is 6.36. The van der Waals surface area contributed by atoms with Crippen LogP contribution in [0.15, 0.2) is 18.2 Å². The summed E-state index contributed by atoms with van der Waals surface area (Å²) in [5.74, 6) is 0.103. The lowest BCUT2D eigenvalue weighted by Gasteiger charge is -2.34. The van der Waals surface area contributed by atoms with Gasteiger partial charge < -0.3 is 15.1 Å². The van der Waals surface area contributed by atoms with Gasteiger partial charge in [0.05, 0.1) is 17.3 Å². The number of hydrogen-bond acceptors (Lipinski definition) is 3. The van der Waals surface area contributed by atoms with Gasteiger partial charge in [0.15, 0.2) is 0 Å². The standard InChI is InChI=1S/C14H19Cl2N3O/c1-2-18-5-7-19(8-6-18)14(20)10-17-13-4-3-11(15)9-12(13)16/h3-4,9,17H,2,5-8,10H2,1H3. The van der Waals surface area contributed by atoms with Crippen molar-refractivity contribution in [1.29, 1.82) is 0 Å². The van der Waals surface area contributed by atoms with Crippen LogP contribution in [-0.2, 0) is 4.79 Å². The molecule has 0 aromatic heterocycles. The van der Waals surface area contributed by atoms with Gasteiger partial charge in [-0.15, -0.1) is 0 Å². The first-order chi connectivity index (χ1) is 9.60. The van der Waals surface area contributed by atoms with Gasteiger partial charge in [-0.25, -0.2) is 0 Å². The molecule has 6 heteroatoms. The molecular formula is C14H19Cl2N3O. The fourth-order valence-corrected chi connectivity index (χ4v) is 2.70. The molecule has 1 amide bonds. The summed E-state index contributed by atoms with van der Waals surface area (Å²) in [7, 11) is 0. The van der Waals surface area contributed by atoms with Gasteiger partial charge >= 0.3 is 0 Å². The molecule has 1 saturated heterocycles. The zero-order chi connectivity index (χ0) is 14.5. The lowest BCUT2D eigenvalue weighted by molar-refractivity contribution is -0.131. The fourth-order valence-electron chi connectivity index (χ4n) is 2.23.